The fourth-order valence-electron chi connectivity index (χ4n) is 3.14. The van der Waals surface area contributed by atoms with Crippen molar-refractivity contribution in [1.82, 2.24) is 10.1 Å². The minimum atomic E-state index is -3.80. The summed E-state index contributed by atoms with van der Waals surface area (Å²) >= 11 is 0. The summed E-state index contributed by atoms with van der Waals surface area (Å²) in [5.74, 6) is 0.743. The van der Waals surface area contributed by atoms with Gasteiger partial charge in [0.2, 0.25) is 5.82 Å². The van der Waals surface area contributed by atoms with Crippen molar-refractivity contribution in [3.8, 4) is 22.9 Å². The number of aromatic nitrogens is 2. The third-order valence-corrected chi connectivity index (χ3v) is 6.25. The van der Waals surface area contributed by atoms with E-state index >= 15 is 0 Å². The Labute approximate surface area is 201 Å². The van der Waals surface area contributed by atoms with Gasteiger partial charge in [0.25, 0.3) is 15.9 Å². The van der Waals surface area contributed by atoms with E-state index in [0.29, 0.717) is 17.1 Å². The summed E-state index contributed by atoms with van der Waals surface area (Å²) < 4.78 is 48.5. The first-order chi connectivity index (χ1) is 16.9. The van der Waals surface area contributed by atoms with Gasteiger partial charge in [-0.25, -0.2) is 13.2 Å². The number of ether oxygens (including phenoxy) is 3. The molecule has 0 saturated carbocycles. The van der Waals surface area contributed by atoms with Crippen LogP contribution in [-0.4, -0.2) is 38.7 Å². The number of methoxy groups -OCH3 is 2. The van der Waals surface area contributed by atoms with E-state index in [1.165, 1.54) is 37.4 Å². The van der Waals surface area contributed by atoms with Gasteiger partial charge >= 0.3 is 5.97 Å². The number of hydrogen-bond acceptors (Lipinski definition) is 9. The summed E-state index contributed by atoms with van der Waals surface area (Å²) in [6.07, 6.45) is 0. The average molecular weight is 496 g/mol. The molecule has 0 aliphatic carbocycles. The van der Waals surface area contributed by atoms with Crippen molar-refractivity contribution in [1.29, 1.82) is 0 Å². The highest BCUT2D eigenvalue weighted by atomic mass is 32.2. The van der Waals surface area contributed by atoms with Crippen molar-refractivity contribution >= 4 is 21.7 Å². The zero-order chi connectivity index (χ0) is 24.8. The van der Waals surface area contributed by atoms with Crippen LogP contribution in [-0.2, 0) is 21.4 Å². The van der Waals surface area contributed by atoms with E-state index in [1.807, 2.05) is 0 Å². The summed E-state index contributed by atoms with van der Waals surface area (Å²) in [5.41, 5.74) is 0.942. The number of carbonyl (C=O) groups is 1. The Morgan fingerprint density at radius 3 is 2.51 bits per heavy atom. The maximum Gasteiger partial charge on any atom is 0.338 e. The number of benzene rings is 3. The number of rotatable bonds is 9. The van der Waals surface area contributed by atoms with Gasteiger partial charge in [-0.3, -0.25) is 4.72 Å². The summed E-state index contributed by atoms with van der Waals surface area (Å²) in [7, 11) is -0.745. The Kier molecular flexibility index (Phi) is 6.97. The van der Waals surface area contributed by atoms with Gasteiger partial charge in [-0.05, 0) is 42.5 Å². The molecule has 180 valence electrons. The zero-order valence-electron chi connectivity index (χ0n) is 18.8. The summed E-state index contributed by atoms with van der Waals surface area (Å²) in [6, 6.07) is 19.0. The molecule has 1 heterocycles. The van der Waals surface area contributed by atoms with Gasteiger partial charge in [0.05, 0.1) is 30.2 Å². The van der Waals surface area contributed by atoms with E-state index < -0.39 is 16.0 Å². The first kappa shape index (κ1) is 23.8. The lowest BCUT2D eigenvalue weighted by molar-refractivity contribution is 0.0430. The van der Waals surface area contributed by atoms with Crippen LogP contribution in [0.4, 0.5) is 5.69 Å². The number of sulfonamides is 1. The SMILES string of the molecule is COc1ccc(-c2noc(COC(=O)c3cccc(NS(=O)(=O)c4ccccc4)c3)n2)c(OC)c1. The van der Waals surface area contributed by atoms with E-state index in [0.717, 1.165) is 0 Å². The molecule has 35 heavy (non-hydrogen) atoms. The Hall–Kier alpha value is -4.38. The van der Waals surface area contributed by atoms with Crippen LogP contribution in [0.1, 0.15) is 16.2 Å². The molecule has 0 aliphatic rings. The number of nitrogens with one attached hydrogen (secondary N) is 1. The molecule has 0 saturated heterocycles. The molecule has 4 rings (SSSR count). The van der Waals surface area contributed by atoms with Crippen molar-refractivity contribution in [2.24, 2.45) is 0 Å². The first-order valence-electron chi connectivity index (χ1n) is 10.3. The normalized spacial score (nSPS) is 11.0. The molecule has 0 amide bonds. The highest BCUT2D eigenvalue weighted by molar-refractivity contribution is 7.92. The fraction of sp³-hybridized carbons (Fsp3) is 0.125. The summed E-state index contributed by atoms with van der Waals surface area (Å²) in [6.45, 7) is -0.274. The predicted molar refractivity (Wildman–Crippen MR) is 126 cm³/mol. The number of nitrogens with zero attached hydrogens (tertiary/aromatic N) is 2. The van der Waals surface area contributed by atoms with Crippen LogP contribution in [0, 0.1) is 0 Å². The molecule has 4 aromatic rings. The standard InChI is InChI=1S/C24H21N3O7S/c1-31-18-11-12-20(21(14-18)32-2)23-25-22(34-26-23)15-33-24(28)16-7-6-8-17(13-16)27-35(29,30)19-9-4-3-5-10-19/h3-14,27H,15H2,1-2H3. The van der Waals surface area contributed by atoms with Crippen LogP contribution in [0.3, 0.4) is 0 Å². The molecule has 11 heteroatoms. The highest BCUT2D eigenvalue weighted by Crippen LogP contribution is 2.31. The maximum atomic E-state index is 12.5. The number of anilines is 1. The minimum absolute atomic E-state index is 0.0761. The van der Waals surface area contributed by atoms with Gasteiger partial charge in [0, 0.05) is 11.8 Å². The monoisotopic (exact) mass is 495 g/mol. The van der Waals surface area contributed by atoms with Crippen molar-refractivity contribution in [2.45, 2.75) is 11.5 Å². The molecule has 10 nitrogen and oxygen atoms in total. The van der Waals surface area contributed by atoms with Gasteiger partial charge < -0.3 is 18.7 Å². The smallest absolute Gasteiger partial charge is 0.338 e. The van der Waals surface area contributed by atoms with E-state index in [1.54, 1.807) is 49.6 Å². The number of carbonyl (C=O) groups excluding carboxylic acids is 1. The molecule has 3 aromatic carbocycles. The van der Waals surface area contributed by atoms with Gasteiger partial charge in [0.1, 0.15) is 11.5 Å². The third-order valence-electron chi connectivity index (χ3n) is 4.85. The second-order valence-corrected chi connectivity index (χ2v) is 8.84. The van der Waals surface area contributed by atoms with E-state index in [4.69, 9.17) is 18.7 Å². The molecule has 0 aliphatic heterocycles. The minimum Gasteiger partial charge on any atom is -0.497 e. The maximum absolute atomic E-state index is 12.5. The quantitative estimate of drug-likeness (QED) is 0.343. The van der Waals surface area contributed by atoms with Crippen LogP contribution in [0.25, 0.3) is 11.4 Å². The molecule has 0 unspecified atom stereocenters. The largest absolute Gasteiger partial charge is 0.497 e. The van der Waals surface area contributed by atoms with Gasteiger partial charge in [0.15, 0.2) is 6.61 Å². The topological polar surface area (TPSA) is 130 Å². The molecule has 1 aromatic heterocycles. The number of hydrogen-bond donors (Lipinski definition) is 1. The second-order valence-electron chi connectivity index (χ2n) is 7.15. The molecule has 0 fully saturated rings. The van der Waals surface area contributed by atoms with Gasteiger partial charge in [-0.1, -0.05) is 29.4 Å². The van der Waals surface area contributed by atoms with E-state index in [-0.39, 0.29) is 34.5 Å². The Balaban J connectivity index is 1.42. The lowest BCUT2D eigenvalue weighted by Gasteiger charge is -2.09. The molecule has 1 N–H and O–H groups in total. The average Bonchev–Trinajstić information content (AvgIpc) is 3.36. The number of esters is 1. The lowest BCUT2D eigenvalue weighted by Crippen LogP contribution is -2.13. The van der Waals surface area contributed by atoms with Crippen LogP contribution < -0.4 is 14.2 Å². The predicted octanol–water partition coefficient (Wildman–Crippen LogP) is 3.91. The molecule has 0 spiro atoms. The molecular formula is C24H21N3O7S. The van der Waals surface area contributed by atoms with Crippen molar-refractivity contribution in [3.05, 3.63) is 84.3 Å². The Bertz CT molecular complexity index is 1440. The molecular weight excluding hydrogens is 474 g/mol. The summed E-state index contributed by atoms with van der Waals surface area (Å²) in [4.78, 5) is 16.9. The summed E-state index contributed by atoms with van der Waals surface area (Å²) in [5, 5.41) is 3.91. The van der Waals surface area contributed by atoms with Crippen molar-refractivity contribution in [3.63, 3.8) is 0 Å². The van der Waals surface area contributed by atoms with E-state index in [9.17, 15) is 13.2 Å². The Morgan fingerprint density at radius 2 is 1.77 bits per heavy atom. The van der Waals surface area contributed by atoms with Crippen LogP contribution in [0.15, 0.2) is 82.2 Å². The van der Waals surface area contributed by atoms with E-state index in [2.05, 4.69) is 14.9 Å². The first-order valence-corrected chi connectivity index (χ1v) is 11.8. The zero-order valence-corrected chi connectivity index (χ0v) is 19.6. The Morgan fingerprint density at radius 1 is 0.971 bits per heavy atom. The van der Waals surface area contributed by atoms with Crippen LogP contribution in [0.5, 0.6) is 11.5 Å². The van der Waals surface area contributed by atoms with Crippen LogP contribution >= 0.6 is 0 Å². The van der Waals surface area contributed by atoms with Crippen molar-refractivity contribution < 1.29 is 31.9 Å². The molecule has 0 radical (unpaired) electrons. The third kappa shape index (κ3) is 5.58. The van der Waals surface area contributed by atoms with Gasteiger partial charge in [-0.15, -0.1) is 0 Å². The molecule has 0 bridgehead atoms. The van der Waals surface area contributed by atoms with Crippen molar-refractivity contribution in [2.75, 3.05) is 18.9 Å². The highest BCUT2D eigenvalue weighted by Gasteiger charge is 2.18. The van der Waals surface area contributed by atoms with Gasteiger partial charge in [-0.2, -0.15) is 4.98 Å². The van der Waals surface area contributed by atoms with Crippen LogP contribution in [0.2, 0.25) is 0 Å². The molecule has 0 atom stereocenters. The second kappa shape index (κ2) is 10.3. The lowest BCUT2D eigenvalue weighted by atomic mass is 10.2. The fourth-order valence-corrected chi connectivity index (χ4v) is 4.21.